The summed E-state index contributed by atoms with van der Waals surface area (Å²) in [6.07, 6.45) is 0.844. The van der Waals surface area contributed by atoms with Crippen molar-refractivity contribution < 1.29 is 28.6 Å². The molecule has 1 aliphatic carbocycles. The summed E-state index contributed by atoms with van der Waals surface area (Å²) in [6.45, 7) is 9.57. The monoisotopic (exact) mass is 478 g/mol. The van der Waals surface area contributed by atoms with Crippen molar-refractivity contribution in [3.8, 4) is 16.9 Å². The lowest BCUT2D eigenvalue weighted by molar-refractivity contribution is -0.145. The minimum atomic E-state index is -0.804. The van der Waals surface area contributed by atoms with Crippen LogP contribution in [0.3, 0.4) is 0 Å². The van der Waals surface area contributed by atoms with E-state index in [1.54, 1.807) is 26.8 Å². The number of fused-ring (bicyclic) bond motifs is 3. The molecule has 1 heterocycles. The molecule has 8 heteroatoms. The molecule has 2 aliphatic rings. The Morgan fingerprint density at radius 2 is 1.83 bits per heavy atom. The van der Waals surface area contributed by atoms with E-state index in [1.165, 1.54) is 12.0 Å². The lowest BCUT2D eigenvalue weighted by Gasteiger charge is -2.27. The van der Waals surface area contributed by atoms with Gasteiger partial charge < -0.3 is 19.0 Å². The predicted octanol–water partition coefficient (Wildman–Crippen LogP) is 4.55. The Morgan fingerprint density at radius 1 is 1.11 bits per heavy atom. The Hall–Kier alpha value is -3.81. The molecule has 0 saturated carbocycles. The summed E-state index contributed by atoms with van der Waals surface area (Å²) < 4.78 is 16.1. The molecule has 35 heavy (non-hydrogen) atoms. The molecule has 2 aromatic rings. The van der Waals surface area contributed by atoms with Gasteiger partial charge in [-0.1, -0.05) is 42.1 Å². The van der Waals surface area contributed by atoms with Gasteiger partial charge in [-0.25, -0.2) is 9.59 Å². The van der Waals surface area contributed by atoms with Crippen molar-refractivity contribution in [3.05, 3.63) is 66.2 Å². The number of hydrogen-bond acceptors (Lipinski definition) is 7. The summed E-state index contributed by atoms with van der Waals surface area (Å²) >= 11 is 0. The Bertz CT molecular complexity index is 1170. The number of nitrogens with zero attached hydrogens (tertiary/aromatic N) is 2. The van der Waals surface area contributed by atoms with Crippen molar-refractivity contribution in [1.29, 1.82) is 0 Å². The highest BCUT2D eigenvalue weighted by molar-refractivity contribution is 6.24. The number of oxime groups is 1. The third-order valence-corrected chi connectivity index (χ3v) is 5.74. The molecule has 184 valence electrons. The maximum absolute atomic E-state index is 12.7. The van der Waals surface area contributed by atoms with Gasteiger partial charge in [-0.2, -0.15) is 0 Å². The summed E-state index contributed by atoms with van der Waals surface area (Å²) in [5.41, 5.74) is 3.89. The molecule has 2 aromatic carbocycles. The van der Waals surface area contributed by atoms with Crippen LogP contribution in [0.2, 0.25) is 0 Å². The first kappa shape index (κ1) is 24.3. The number of benzene rings is 2. The summed E-state index contributed by atoms with van der Waals surface area (Å²) in [6, 6.07) is 13.0. The molecule has 8 nitrogen and oxygen atoms in total. The number of carbonyl (C=O) groups is 2. The van der Waals surface area contributed by atoms with Crippen LogP contribution < -0.4 is 4.74 Å². The third kappa shape index (κ3) is 5.16. The van der Waals surface area contributed by atoms with Crippen LogP contribution in [0.25, 0.3) is 11.1 Å². The van der Waals surface area contributed by atoms with Crippen LogP contribution >= 0.6 is 0 Å². The van der Waals surface area contributed by atoms with E-state index >= 15 is 0 Å². The SMILES string of the molecule is C=CCOc1ccc2c(c1)/C(=N\O[C@@H]1C[C@@H](C(=O)OC)N(C(=O)OC(C)(C)C)C1)c1ccccc1-2. The largest absolute Gasteiger partial charge is 0.490 e. The average Bonchev–Trinajstić information content (AvgIpc) is 3.39. The van der Waals surface area contributed by atoms with Crippen LogP contribution in [0, 0.1) is 0 Å². The number of ether oxygens (including phenoxy) is 3. The summed E-state index contributed by atoms with van der Waals surface area (Å²) in [7, 11) is 1.29. The molecule has 1 saturated heterocycles. The van der Waals surface area contributed by atoms with E-state index in [2.05, 4.69) is 11.7 Å². The lowest BCUT2D eigenvalue weighted by Crippen LogP contribution is -2.44. The molecule has 1 aliphatic heterocycles. The van der Waals surface area contributed by atoms with Gasteiger partial charge >= 0.3 is 12.1 Å². The molecule has 4 rings (SSSR count). The smallest absolute Gasteiger partial charge is 0.411 e. The van der Waals surface area contributed by atoms with Crippen LogP contribution in [0.4, 0.5) is 4.79 Å². The molecule has 0 N–H and O–H groups in total. The second-order valence-corrected chi connectivity index (χ2v) is 9.43. The first-order valence-corrected chi connectivity index (χ1v) is 11.5. The summed E-state index contributed by atoms with van der Waals surface area (Å²) in [4.78, 5) is 32.4. The standard InChI is InChI=1S/C27H30N2O6/c1-6-13-33-17-11-12-20-19-9-7-8-10-21(19)24(22(20)14-17)28-35-18-15-23(25(30)32-5)29(16-18)26(31)34-27(2,3)4/h6-12,14,18,23H,1,13,15-16H2,2-5H3/b28-24-/t18-,23+/m1/s1. The number of amides is 1. The van der Waals surface area contributed by atoms with Crippen LogP contribution in [0.15, 0.2) is 60.3 Å². The fourth-order valence-corrected chi connectivity index (χ4v) is 4.25. The molecule has 0 spiro atoms. The second kappa shape index (κ2) is 9.82. The zero-order valence-electron chi connectivity index (χ0n) is 20.4. The van der Waals surface area contributed by atoms with Crippen molar-refractivity contribution in [2.45, 2.75) is 44.9 Å². The van der Waals surface area contributed by atoms with E-state index in [9.17, 15) is 9.59 Å². The Balaban J connectivity index is 1.60. The van der Waals surface area contributed by atoms with Gasteiger partial charge in [-0.05, 0) is 50.1 Å². The maximum Gasteiger partial charge on any atom is 0.411 e. The number of rotatable bonds is 6. The van der Waals surface area contributed by atoms with E-state index in [0.29, 0.717) is 18.1 Å². The van der Waals surface area contributed by atoms with Crippen LogP contribution in [-0.4, -0.2) is 60.7 Å². The number of esters is 1. The number of likely N-dealkylation sites (tertiary alicyclic amines) is 1. The molecule has 1 fully saturated rings. The highest BCUT2D eigenvalue weighted by Gasteiger charge is 2.43. The van der Waals surface area contributed by atoms with Gasteiger partial charge in [0.2, 0.25) is 0 Å². The van der Waals surface area contributed by atoms with E-state index in [0.717, 1.165) is 22.3 Å². The number of hydrogen-bond donors (Lipinski definition) is 0. The zero-order chi connectivity index (χ0) is 25.2. The first-order valence-electron chi connectivity index (χ1n) is 11.5. The Morgan fingerprint density at radius 3 is 2.51 bits per heavy atom. The summed E-state index contributed by atoms with van der Waals surface area (Å²) in [5.74, 6) is 0.182. The fraction of sp³-hybridized carbons (Fsp3) is 0.370. The second-order valence-electron chi connectivity index (χ2n) is 9.43. The minimum absolute atomic E-state index is 0.155. The minimum Gasteiger partial charge on any atom is -0.490 e. The number of carbonyl (C=O) groups excluding carboxylic acids is 2. The van der Waals surface area contributed by atoms with Crippen LogP contribution in [0.1, 0.15) is 38.3 Å². The van der Waals surface area contributed by atoms with Crippen molar-refractivity contribution in [2.24, 2.45) is 5.16 Å². The third-order valence-electron chi connectivity index (χ3n) is 5.74. The topological polar surface area (TPSA) is 86.7 Å². The van der Waals surface area contributed by atoms with E-state index in [-0.39, 0.29) is 13.0 Å². The highest BCUT2D eigenvalue weighted by Crippen LogP contribution is 2.39. The molecule has 0 unspecified atom stereocenters. The van der Waals surface area contributed by atoms with Gasteiger partial charge in [-0.3, -0.25) is 4.90 Å². The predicted molar refractivity (Wildman–Crippen MR) is 131 cm³/mol. The highest BCUT2D eigenvalue weighted by atomic mass is 16.6. The van der Waals surface area contributed by atoms with E-state index < -0.39 is 29.8 Å². The van der Waals surface area contributed by atoms with Gasteiger partial charge in [-0.15, -0.1) is 0 Å². The van der Waals surface area contributed by atoms with Crippen LogP contribution in [-0.2, 0) is 19.1 Å². The zero-order valence-corrected chi connectivity index (χ0v) is 20.4. The Kier molecular flexibility index (Phi) is 6.82. The Labute approximate surface area is 205 Å². The van der Waals surface area contributed by atoms with Gasteiger partial charge in [0.25, 0.3) is 0 Å². The van der Waals surface area contributed by atoms with Crippen molar-refractivity contribution in [2.75, 3.05) is 20.3 Å². The summed E-state index contributed by atoms with van der Waals surface area (Å²) in [5, 5.41) is 4.51. The number of methoxy groups -OCH3 is 1. The van der Waals surface area contributed by atoms with Crippen molar-refractivity contribution in [3.63, 3.8) is 0 Å². The lowest BCUT2D eigenvalue weighted by atomic mass is 10.1. The van der Waals surface area contributed by atoms with Gasteiger partial charge in [0, 0.05) is 17.5 Å². The molecule has 0 bridgehead atoms. The molecule has 1 amide bonds. The molecule has 0 aromatic heterocycles. The maximum atomic E-state index is 12.7. The van der Waals surface area contributed by atoms with E-state index in [1.807, 2.05) is 42.5 Å². The van der Waals surface area contributed by atoms with E-state index in [4.69, 9.17) is 19.0 Å². The van der Waals surface area contributed by atoms with Gasteiger partial charge in [0.1, 0.15) is 35.8 Å². The van der Waals surface area contributed by atoms with Crippen molar-refractivity contribution >= 4 is 17.8 Å². The first-order chi connectivity index (χ1) is 16.7. The van der Waals surface area contributed by atoms with Crippen LogP contribution in [0.5, 0.6) is 5.75 Å². The molecular formula is C27H30N2O6. The van der Waals surface area contributed by atoms with Gasteiger partial charge in [0.15, 0.2) is 0 Å². The van der Waals surface area contributed by atoms with Crippen molar-refractivity contribution in [1.82, 2.24) is 4.90 Å². The molecular weight excluding hydrogens is 448 g/mol. The normalized spacial score (nSPS) is 19.7. The molecule has 0 radical (unpaired) electrons. The average molecular weight is 479 g/mol. The quantitative estimate of drug-likeness (QED) is 0.293. The molecule has 2 atom stereocenters. The fourth-order valence-electron chi connectivity index (χ4n) is 4.25. The van der Waals surface area contributed by atoms with Gasteiger partial charge in [0.05, 0.1) is 13.7 Å².